The Kier molecular flexibility index (Phi) is 5.53. The molecule has 0 aliphatic carbocycles. The van der Waals surface area contributed by atoms with Crippen LogP contribution in [-0.4, -0.2) is 20.1 Å². The van der Waals surface area contributed by atoms with Gasteiger partial charge in [0.25, 0.3) is 0 Å². The molecule has 7 heteroatoms. The number of hydrogen-bond acceptors (Lipinski definition) is 4. The maximum atomic E-state index is 12.3. The van der Waals surface area contributed by atoms with E-state index in [0.717, 1.165) is 16.7 Å². The molecule has 0 amide bonds. The highest BCUT2D eigenvalue weighted by molar-refractivity contribution is 7.89. The van der Waals surface area contributed by atoms with Gasteiger partial charge in [0.05, 0.1) is 11.1 Å². The number of aromatic nitrogens is 1. The summed E-state index contributed by atoms with van der Waals surface area (Å²) in [5.41, 5.74) is 2.80. The highest BCUT2D eigenvalue weighted by Gasteiger charge is 2.13. The Morgan fingerprint density at radius 1 is 1.08 bits per heavy atom. The van der Waals surface area contributed by atoms with Crippen LogP contribution in [0.1, 0.15) is 12.0 Å². The van der Waals surface area contributed by atoms with Crippen LogP contribution in [0.5, 0.6) is 0 Å². The molecule has 0 unspecified atom stereocenters. The fourth-order valence-electron chi connectivity index (χ4n) is 2.43. The van der Waals surface area contributed by atoms with Gasteiger partial charge in [0.1, 0.15) is 6.26 Å². The van der Waals surface area contributed by atoms with Crippen LogP contribution >= 0.6 is 11.6 Å². The second-order valence-corrected chi connectivity index (χ2v) is 7.77. The van der Waals surface area contributed by atoms with Gasteiger partial charge in [-0.1, -0.05) is 41.0 Å². The van der Waals surface area contributed by atoms with E-state index in [2.05, 4.69) is 9.88 Å². The number of benzene rings is 2. The maximum Gasteiger partial charge on any atom is 0.240 e. The Balaban J connectivity index is 1.62. The zero-order valence-corrected chi connectivity index (χ0v) is 14.9. The number of sulfonamides is 1. The second-order valence-electron chi connectivity index (χ2n) is 5.57. The van der Waals surface area contributed by atoms with E-state index < -0.39 is 10.0 Å². The van der Waals surface area contributed by atoms with E-state index >= 15 is 0 Å². The number of nitrogens with zero attached hydrogens (tertiary/aromatic N) is 1. The molecule has 0 aliphatic rings. The van der Waals surface area contributed by atoms with Crippen LogP contribution < -0.4 is 4.72 Å². The van der Waals surface area contributed by atoms with Gasteiger partial charge >= 0.3 is 0 Å². The molecule has 0 atom stereocenters. The van der Waals surface area contributed by atoms with E-state index in [-0.39, 0.29) is 4.90 Å². The van der Waals surface area contributed by atoms with Gasteiger partial charge in [-0.05, 0) is 48.2 Å². The van der Waals surface area contributed by atoms with E-state index in [9.17, 15) is 8.42 Å². The molecule has 130 valence electrons. The van der Waals surface area contributed by atoms with E-state index in [1.807, 2.05) is 18.2 Å². The average molecular weight is 377 g/mol. The Morgan fingerprint density at radius 2 is 1.88 bits per heavy atom. The lowest BCUT2D eigenvalue weighted by Crippen LogP contribution is -2.25. The van der Waals surface area contributed by atoms with Crippen LogP contribution in [0.3, 0.4) is 0 Å². The predicted octanol–water partition coefficient (Wildman–Crippen LogP) is 3.91. The number of nitrogens with one attached hydrogen (secondary N) is 1. The van der Waals surface area contributed by atoms with Crippen LogP contribution in [0.4, 0.5) is 0 Å². The molecule has 0 radical (unpaired) electrons. The van der Waals surface area contributed by atoms with Gasteiger partial charge < -0.3 is 4.52 Å². The van der Waals surface area contributed by atoms with Crippen molar-refractivity contribution >= 4 is 21.6 Å². The summed E-state index contributed by atoms with van der Waals surface area (Å²) in [6.45, 7) is 0.351. The number of hydrogen-bond donors (Lipinski definition) is 1. The zero-order valence-electron chi connectivity index (χ0n) is 13.4. The van der Waals surface area contributed by atoms with Crippen molar-refractivity contribution in [2.75, 3.05) is 6.54 Å². The Hall–Kier alpha value is -2.15. The van der Waals surface area contributed by atoms with Crippen molar-refractivity contribution in [1.29, 1.82) is 0 Å². The predicted molar refractivity (Wildman–Crippen MR) is 96.9 cm³/mol. The van der Waals surface area contributed by atoms with Crippen LogP contribution in [0.15, 0.2) is 70.4 Å². The SMILES string of the molecule is O=S(=O)(NCCCc1cnoc1)c1ccc(-c2cccc(Cl)c2)cc1. The largest absolute Gasteiger partial charge is 0.364 e. The van der Waals surface area contributed by atoms with E-state index in [1.165, 1.54) is 0 Å². The average Bonchev–Trinajstić information content (AvgIpc) is 3.12. The van der Waals surface area contributed by atoms with Gasteiger partial charge in [-0.2, -0.15) is 0 Å². The first-order chi connectivity index (χ1) is 12.0. The normalized spacial score (nSPS) is 11.6. The van der Waals surface area contributed by atoms with Gasteiger partial charge in [-0.3, -0.25) is 0 Å². The molecule has 25 heavy (non-hydrogen) atoms. The van der Waals surface area contributed by atoms with Crippen molar-refractivity contribution in [2.24, 2.45) is 0 Å². The van der Waals surface area contributed by atoms with E-state index in [1.54, 1.807) is 42.8 Å². The minimum atomic E-state index is -3.52. The molecule has 0 aliphatic heterocycles. The van der Waals surface area contributed by atoms with Crippen molar-refractivity contribution in [2.45, 2.75) is 17.7 Å². The molecule has 2 aromatic carbocycles. The van der Waals surface area contributed by atoms with Gasteiger partial charge in [-0.25, -0.2) is 13.1 Å². The summed E-state index contributed by atoms with van der Waals surface area (Å²) in [7, 11) is -3.52. The molecule has 0 saturated heterocycles. The molecule has 3 rings (SSSR count). The standard InChI is InChI=1S/C18H17ClN2O3S/c19-17-5-1-4-16(11-17)15-6-8-18(9-7-15)25(22,23)21-10-2-3-14-12-20-24-13-14/h1,4-9,11-13,21H,2-3,10H2. The lowest BCUT2D eigenvalue weighted by atomic mass is 10.1. The highest BCUT2D eigenvalue weighted by Crippen LogP contribution is 2.24. The van der Waals surface area contributed by atoms with Crippen molar-refractivity contribution in [3.63, 3.8) is 0 Å². The summed E-state index contributed by atoms with van der Waals surface area (Å²) in [5.74, 6) is 0. The third-order valence-corrected chi connectivity index (χ3v) is 5.45. The molecular weight excluding hydrogens is 360 g/mol. The molecule has 1 heterocycles. The number of aryl methyl sites for hydroxylation is 1. The summed E-state index contributed by atoms with van der Waals surface area (Å²) < 4.78 is 32.0. The lowest BCUT2D eigenvalue weighted by Gasteiger charge is -2.08. The van der Waals surface area contributed by atoms with Crippen LogP contribution in [0.25, 0.3) is 11.1 Å². The van der Waals surface area contributed by atoms with Gasteiger partial charge in [0.2, 0.25) is 10.0 Å². The number of rotatable bonds is 7. The molecule has 3 aromatic rings. The first kappa shape index (κ1) is 17.7. The zero-order chi connectivity index (χ0) is 17.7. The van der Waals surface area contributed by atoms with E-state index in [4.69, 9.17) is 16.1 Å². The third kappa shape index (κ3) is 4.69. The molecule has 0 saturated carbocycles. The fourth-order valence-corrected chi connectivity index (χ4v) is 3.69. The van der Waals surface area contributed by atoms with E-state index in [0.29, 0.717) is 24.4 Å². The van der Waals surface area contributed by atoms with Gasteiger partial charge in [0, 0.05) is 17.1 Å². The monoisotopic (exact) mass is 376 g/mol. The Morgan fingerprint density at radius 3 is 2.56 bits per heavy atom. The lowest BCUT2D eigenvalue weighted by molar-refractivity contribution is 0.418. The first-order valence-electron chi connectivity index (χ1n) is 7.78. The maximum absolute atomic E-state index is 12.3. The molecule has 0 fully saturated rings. The van der Waals surface area contributed by atoms with Crippen molar-refractivity contribution in [3.05, 3.63) is 71.6 Å². The topological polar surface area (TPSA) is 72.2 Å². The fraction of sp³-hybridized carbons (Fsp3) is 0.167. The molecule has 0 bridgehead atoms. The quantitative estimate of drug-likeness (QED) is 0.634. The minimum Gasteiger partial charge on any atom is -0.364 e. The second kappa shape index (κ2) is 7.82. The summed E-state index contributed by atoms with van der Waals surface area (Å²) in [4.78, 5) is 0.239. The van der Waals surface area contributed by atoms with Crippen LogP contribution in [0, 0.1) is 0 Å². The first-order valence-corrected chi connectivity index (χ1v) is 9.65. The Bertz CT molecular complexity index is 923. The van der Waals surface area contributed by atoms with Crippen LogP contribution in [-0.2, 0) is 16.4 Å². The number of halogens is 1. The third-order valence-electron chi connectivity index (χ3n) is 3.74. The molecule has 5 nitrogen and oxygen atoms in total. The summed E-state index contributed by atoms with van der Waals surface area (Å²) >= 11 is 5.99. The molecule has 1 aromatic heterocycles. The molecular formula is C18H17ClN2O3S. The minimum absolute atomic E-state index is 0.239. The molecule has 0 spiro atoms. The summed E-state index contributed by atoms with van der Waals surface area (Å²) in [6, 6.07) is 14.2. The Labute approximate surface area is 151 Å². The van der Waals surface area contributed by atoms with Crippen LogP contribution in [0.2, 0.25) is 5.02 Å². The van der Waals surface area contributed by atoms with Gasteiger partial charge in [-0.15, -0.1) is 0 Å². The van der Waals surface area contributed by atoms with Crippen molar-refractivity contribution < 1.29 is 12.9 Å². The summed E-state index contributed by atoms with van der Waals surface area (Å²) in [6.07, 6.45) is 4.56. The smallest absolute Gasteiger partial charge is 0.240 e. The molecule has 1 N–H and O–H groups in total. The van der Waals surface area contributed by atoms with Crippen molar-refractivity contribution in [3.8, 4) is 11.1 Å². The van der Waals surface area contributed by atoms with Crippen molar-refractivity contribution in [1.82, 2.24) is 9.88 Å². The highest BCUT2D eigenvalue weighted by atomic mass is 35.5. The summed E-state index contributed by atoms with van der Waals surface area (Å²) in [5, 5.41) is 4.26. The van der Waals surface area contributed by atoms with Gasteiger partial charge in [0.15, 0.2) is 0 Å².